The van der Waals surface area contributed by atoms with Gasteiger partial charge in [0.25, 0.3) is 0 Å². The molecule has 0 unspecified atom stereocenters. The Balaban J connectivity index is 0.899. The van der Waals surface area contributed by atoms with E-state index in [9.17, 15) is 25.2 Å². The Kier molecular flexibility index (Phi) is 32.4. The van der Waals surface area contributed by atoms with Crippen molar-refractivity contribution in [2.24, 2.45) is 5.92 Å². The van der Waals surface area contributed by atoms with Crippen molar-refractivity contribution in [3.63, 3.8) is 0 Å². The zero-order chi connectivity index (χ0) is 80.5. The summed E-state index contributed by atoms with van der Waals surface area (Å²) in [6, 6.07) is 76.5. The fraction of sp³-hybridized carbons (Fsp3) is 0.446. The molecule has 24 nitrogen and oxygen atoms in total. The summed E-state index contributed by atoms with van der Waals surface area (Å²) in [5.41, 5.74) is 6.95. The summed E-state index contributed by atoms with van der Waals surface area (Å²) in [6.07, 6.45) is -27.7. The van der Waals surface area contributed by atoms with E-state index in [1.807, 2.05) is 257 Å². The van der Waals surface area contributed by atoms with E-state index in [0.717, 1.165) is 44.5 Å². The van der Waals surface area contributed by atoms with Crippen LogP contribution in [0.2, 0.25) is 0 Å². The molecule has 0 aromatic heterocycles. The fourth-order valence-electron chi connectivity index (χ4n) is 15.4. The van der Waals surface area contributed by atoms with Crippen molar-refractivity contribution in [1.82, 2.24) is 5.32 Å². The molecule has 5 aliphatic rings. The van der Waals surface area contributed by atoms with Crippen molar-refractivity contribution in [2.75, 3.05) is 26.4 Å². The normalized spacial score (nSPS) is 31.4. The summed E-state index contributed by atoms with van der Waals surface area (Å²) < 4.78 is 125. The summed E-state index contributed by atoms with van der Waals surface area (Å²) >= 11 is 0. The van der Waals surface area contributed by atoms with Crippen molar-refractivity contribution in [2.45, 2.75) is 228 Å². The number of aliphatic hydroxyl groups excluding tert-OH is 4. The third kappa shape index (κ3) is 23.3. The monoisotopic (exact) mass is 1600 g/mol. The lowest BCUT2D eigenvalue weighted by Gasteiger charge is -2.52. The van der Waals surface area contributed by atoms with E-state index in [1.54, 1.807) is 6.92 Å². The van der Waals surface area contributed by atoms with Gasteiger partial charge in [-0.2, -0.15) is 0 Å². The van der Waals surface area contributed by atoms with Gasteiger partial charge in [0.2, 0.25) is 5.91 Å². The van der Waals surface area contributed by atoms with Gasteiger partial charge in [0.15, 0.2) is 31.5 Å². The zero-order valence-electron chi connectivity index (χ0n) is 65.8. The SMILES string of the molecule is C=CCO[C@@H]1O[C@H](CO)[C@@H](O)[C@H](O[C@@H]2O[C@@H](C)[C@H](OCc3ccccc3)[C@@H](O[C@@H]3O[C@@H](C)[C@H](OCc4ccccc4)[C@@H](COCc4ccccc4)[C@H]3O[C@@H]3O[C@@H](C)[C@H](OCc4ccccc4)[C@@H](O[C@@H]4O[C@@H](COCc5ccccc5)[C@H](OCc5ccccc5)[C@@H](OCc5ccccc5)[C@H]4OCc4ccccc4)[C@H]3O)[C@H]2O)[C@H]1NC(C)=O. The smallest absolute Gasteiger partial charge is 0.217 e. The first kappa shape index (κ1) is 86.0. The maximum atomic E-state index is 13.9. The average Bonchev–Trinajstić information content (AvgIpc) is 0.762. The van der Waals surface area contributed by atoms with Gasteiger partial charge in [0, 0.05) is 12.8 Å². The first-order valence-corrected chi connectivity index (χ1v) is 40.0. The second-order valence-electron chi connectivity index (χ2n) is 29.9. The Hall–Kier alpha value is -7.91. The third-order valence-electron chi connectivity index (χ3n) is 21.3. The third-order valence-corrected chi connectivity index (χ3v) is 21.3. The highest BCUT2D eigenvalue weighted by molar-refractivity contribution is 5.73. The number of hydrogen-bond acceptors (Lipinski definition) is 23. The predicted octanol–water partition coefficient (Wildman–Crippen LogP) is 10.6. The topological polar surface area (TPSA) is 276 Å². The lowest BCUT2D eigenvalue weighted by Crippen LogP contribution is -2.69. The number of hydrogen-bond donors (Lipinski definition) is 5. The number of nitrogens with one attached hydrogen (secondary N) is 1. The van der Waals surface area contributed by atoms with Crippen molar-refractivity contribution >= 4 is 5.91 Å². The molecule has 8 aromatic carbocycles. The lowest BCUT2D eigenvalue weighted by atomic mass is 9.88. The van der Waals surface area contributed by atoms with Gasteiger partial charge in [0.1, 0.15) is 91.5 Å². The van der Waals surface area contributed by atoms with Gasteiger partial charge in [-0.3, -0.25) is 4.79 Å². The second-order valence-corrected chi connectivity index (χ2v) is 29.9. The Morgan fingerprint density at radius 1 is 0.345 bits per heavy atom. The summed E-state index contributed by atoms with van der Waals surface area (Å²) in [4.78, 5) is 13.1. The molecule has 13 rings (SSSR count). The highest BCUT2D eigenvalue weighted by Gasteiger charge is 2.59. The fourth-order valence-corrected chi connectivity index (χ4v) is 15.4. The van der Waals surface area contributed by atoms with Gasteiger partial charge in [-0.1, -0.05) is 249 Å². The molecule has 24 heteroatoms. The molecule has 116 heavy (non-hydrogen) atoms. The predicted molar refractivity (Wildman–Crippen MR) is 424 cm³/mol. The van der Waals surface area contributed by atoms with Crippen LogP contribution in [-0.2, 0) is 143 Å². The maximum absolute atomic E-state index is 13.9. The molecule has 0 bridgehead atoms. The van der Waals surface area contributed by atoms with Crippen LogP contribution in [0, 0.1) is 5.92 Å². The molecule has 5 saturated heterocycles. The van der Waals surface area contributed by atoms with Gasteiger partial charge >= 0.3 is 0 Å². The van der Waals surface area contributed by atoms with E-state index in [2.05, 4.69) is 11.9 Å². The van der Waals surface area contributed by atoms with Gasteiger partial charge in [-0.15, -0.1) is 6.58 Å². The lowest BCUT2D eigenvalue weighted by molar-refractivity contribution is -0.401. The van der Waals surface area contributed by atoms with E-state index in [0.29, 0.717) is 0 Å². The molecule has 0 spiro atoms. The average molecular weight is 1600 g/mol. The van der Waals surface area contributed by atoms with E-state index in [4.69, 9.17) is 85.3 Å². The molecule has 5 aliphatic heterocycles. The van der Waals surface area contributed by atoms with Crippen LogP contribution in [0.5, 0.6) is 0 Å². The maximum Gasteiger partial charge on any atom is 0.217 e. The molecule has 0 saturated carbocycles. The Morgan fingerprint density at radius 2 is 0.664 bits per heavy atom. The summed E-state index contributed by atoms with van der Waals surface area (Å²) in [7, 11) is 0. The van der Waals surface area contributed by atoms with Gasteiger partial charge < -0.3 is 111 Å². The molecule has 8 aromatic rings. The number of carbonyl (C=O) groups is 1. The van der Waals surface area contributed by atoms with Crippen LogP contribution in [0.15, 0.2) is 255 Å². The van der Waals surface area contributed by atoms with Crippen LogP contribution in [0.3, 0.4) is 0 Å². The zero-order valence-corrected chi connectivity index (χ0v) is 65.8. The first-order chi connectivity index (χ1) is 56.7. The minimum Gasteiger partial charge on any atom is -0.394 e. The molecule has 5 heterocycles. The standard InChI is InChI=1S/C92H109NO23/c1-6-47-101-88-74(93-62(5)95)83(75(96)72(48-94)111-88)114-90-77(98)84(79(61(4)109-90)103-52-66-37-21-10-22-38-66)115-91-81(71(57-99-49-63-31-15-7-16-32-63)78(59(2)110-91)102-51-65-35-19-9-20-36-65)113-89-76(97)85(80(60(3)108-89)104-53-67-39-23-11-24-40-67)116-92-87(107-56-70-45-29-14-30-46-70)86(106-55-69-43-27-13-28-44-69)82(105-54-68-41-25-12-26-42-68)73(112-92)58-100-50-64-33-17-8-18-34-64/h6-46,59-61,71-92,94,96-98H,1,47-58H2,2-5H3,(H,93,95)/t59-,60-,61-,71+,72+,73-,74+,75+,76+,77+,78-,79-,80-,81+,82-,83+,84-,85-,86+,87+,88+,89-,90-,91-,92-/m0/s1. The van der Waals surface area contributed by atoms with Crippen molar-refractivity contribution in [3.8, 4) is 0 Å². The largest absolute Gasteiger partial charge is 0.394 e. The molecule has 1 amide bonds. The molecular weight excluding hydrogens is 1490 g/mol. The van der Waals surface area contributed by atoms with Crippen LogP contribution in [-0.4, -0.2) is 200 Å². The summed E-state index contributed by atoms with van der Waals surface area (Å²) in [5.74, 6) is -1.38. The minimum atomic E-state index is -1.81. The Bertz CT molecular complexity index is 4120. The van der Waals surface area contributed by atoms with Gasteiger partial charge in [-0.25, -0.2) is 0 Å². The van der Waals surface area contributed by atoms with Crippen LogP contribution < -0.4 is 5.32 Å². The van der Waals surface area contributed by atoms with Crippen LogP contribution in [0.4, 0.5) is 0 Å². The molecule has 5 fully saturated rings. The molecule has 620 valence electrons. The minimum absolute atomic E-state index is 0.00361. The van der Waals surface area contributed by atoms with Crippen molar-refractivity contribution < 1.29 is 110 Å². The summed E-state index contributed by atoms with van der Waals surface area (Å²) in [6.45, 7) is 10.6. The van der Waals surface area contributed by atoms with E-state index in [1.165, 1.54) is 13.0 Å². The molecule has 0 aliphatic carbocycles. The Morgan fingerprint density at radius 3 is 1.06 bits per heavy atom. The molecule has 0 radical (unpaired) electrons. The number of aliphatic hydroxyl groups is 4. The quantitative estimate of drug-likeness (QED) is 0.0224. The van der Waals surface area contributed by atoms with Crippen LogP contribution in [0.25, 0.3) is 0 Å². The van der Waals surface area contributed by atoms with Crippen molar-refractivity contribution in [1.29, 1.82) is 0 Å². The highest BCUT2D eigenvalue weighted by Crippen LogP contribution is 2.42. The number of carbonyl (C=O) groups excluding carboxylic acids is 1. The molecule has 25 atom stereocenters. The number of benzene rings is 8. The van der Waals surface area contributed by atoms with Crippen LogP contribution >= 0.6 is 0 Å². The molecule has 5 N–H and O–H groups in total. The van der Waals surface area contributed by atoms with Gasteiger partial charge in [-0.05, 0) is 65.3 Å². The highest BCUT2D eigenvalue weighted by atomic mass is 16.8. The van der Waals surface area contributed by atoms with Gasteiger partial charge in [0.05, 0.1) is 104 Å². The second kappa shape index (κ2) is 43.7. The van der Waals surface area contributed by atoms with E-state index >= 15 is 0 Å². The molecular formula is C92H109NO23. The number of rotatable bonds is 39. The first-order valence-electron chi connectivity index (χ1n) is 40.0. The Labute approximate surface area is 678 Å². The number of ether oxygens (including phenoxy) is 18. The summed E-state index contributed by atoms with van der Waals surface area (Å²) in [5, 5.41) is 52.6. The van der Waals surface area contributed by atoms with Crippen molar-refractivity contribution in [3.05, 3.63) is 300 Å². The van der Waals surface area contributed by atoms with E-state index < -0.39 is 166 Å². The van der Waals surface area contributed by atoms with Crippen LogP contribution in [0.1, 0.15) is 72.2 Å². The van der Waals surface area contributed by atoms with E-state index in [-0.39, 0.29) is 72.7 Å². The number of amides is 1.